The van der Waals surface area contributed by atoms with E-state index < -0.39 is 0 Å². The van der Waals surface area contributed by atoms with Crippen LogP contribution in [0.25, 0.3) is 11.3 Å². The fourth-order valence-electron chi connectivity index (χ4n) is 2.41. The summed E-state index contributed by atoms with van der Waals surface area (Å²) < 4.78 is 6.12. The van der Waals surface area contributed by atoms with Crippen LogP contribution in [-0.4, -0.2) is 23.2 Å². The van der Waals surface area contributed by atoms with E-state index in [1.807, 2.05) is 30.3 Å². The highest BCUT2D eigenvalue weighted by molar-refractivity contribution is 14.1. The predicted octanol–water partition coefficient (Wildman–Crippen LogP) is 2.94. The second-order valence-electron chi connectivity index (χ2n) is 4.89. The van der Waals surface area contributed by atoms with Crippen LogP contribution in [0.15, 0.2) is 35.1 Å². The van der Waals surface area contributed by atoms with Gasteiger partial charge in [0.1, 0.15) is 9.39 Å². The molecule has 0 saturated carbocycles. The zero-order valence-electron chi connectivity index (χ0n) is 10.9. The van der Waals surface area contributed by atoms with Gasteiger partial charge in [0.25, 0.3) is 5.56 Å². The number of nitrogens with zero attached hydrogens (tertiary/aromatic N) is 1. The highest BCUT2D eigenvalue weighted by Crippen LogP contribution is 2.26. The largest absolute Gasteiger partial charge is 0.381 e. The van der Waals surface area contributed by atoms with Crippen molar-refractivity contribution in [3.8, 4) is 11.3 Å². The van der Waals surface area contributed by atoms with Crippen molar-refractivity contribution in [2.45, 2.75) is 18.8 Å². The lowest BCUT2D eigenvalue weighted by Gasteiger charge is -2.21. The Morgan fingerprint density at radius 3 is 2.80 bits per heavy atom. The molecular weight excluding hydrogens is 367 g/mol. The van der Waals surface area contributed by atoms with E-state index in [-0.39, 0.29) is 11.5 Å². The first-order valence-electron chi connectivity index (χ1n) is 6.68. The Labute approximate surface area is 130 Å². The van der Waals surface area contributed by atoms with Crippen LogP contribution in [0.2, 0.25) is 0 Å². The summed E-state index contributed by atoms with van der Waals surface area (Å²) in [6.07, 6.45) is 2.03. The molecule has 1 aromatic carbocycles. The van der Waals surface area contributed by atoms with Gasteiger partial charge in [-0.25, -0.2) is 4.98 Å². The molecule has 1 fully saturated rings. The zero-order valence-corrected chi connectivity index (χ0v) is 13.1. The molecule has 5 heteroatoms. The predicted molar refractivity (Wildman–Crippen MR) is 85.8 cm³/mol. The van der Waals surface area contributed by atoms with E-state index in [0.29, 0.717) is 10.2 Å². The van der Waals surface area contributed by atoms with E-state index in [9.17, 15) is 4.79 Å². The molecule has 20 heavy (non-hydrogen) atoms. The molecule has 1 aromatic heterocycles. The Hall–Kier alpha value is -1.21. The van der Waals surface area contributed by atoms with Crippen LogP contribution < -0.4 is 5.56 Å². The molecule has 104 valence electrons. The fourth-order valence-corrected chi connectivity index (χ4v) is 2.98. The Morgan fingerprint density at radius 1 is 1.30 bits per heavy atom. The van der Waals surface area contributed by atoms with Crippen molar-refractivity contribution in [3.63, 3.8) is 0 Å². The van der Waals surface area contributed by atoms with Crippen LogP contribution in [0, 0.1) is 3.57 Å². The maximum absolute atomic E-state index is 12.1. The summed E-state index contributed by atoms with van der Waals surface area (Å²) in [5.74, 6) is 0.935. The van der Waals surface area contributed by atoms with Gasteiger partial charge in [-0.05, 0) is 35.4 Å². The van der Waals surface area contributed by atoms with Gasteiger partial charge in [-0.1, -0.05) is 30.3 Å². The van der Waals surface area contributed by atoms with Gasteiger partial charge in [0.15, 0.2) is 0 Å². The van der Waals surface area contributed by atoms with Gasteiger partial charge in [0, 0.05) is 18.1 Å². The van der Waals surface area contributed by atoms with E-state index in [0.717, 1.165) is 36.5 Å². The number of ether oxygens (including phenoxy) is 1. The van der Waals surface area contributed by atoms with Crippen molar-refractivity contribution < 1.29 is 4.74 Å². The van der Waals surface area contributed by atoms with E-state index in [4.69, 9.17) is 4.74 Å². The van der Waals surface area contributed by atoms with E-state index in [1.54, 1.807) is 0 Å². The smallest absolute Gasteiger partial charge is 0.264 e. The molecule has 0 aliphatic carbocycles. The molecule has 2 heterocycles. The van der Waals surface area contributed by atoms with Gasteiger partial charge in [0.2, 0.25) is 0 Å². The first kappa shape index (κ1) is 13.8. The topological polar surface area (TPSA) is 55.0 Å². The SMILES string of the molecule is O=c1[nH]c(C2CCCOC2)nc(-c2ccccc2)c1I. The third-order valence-corrected chi connectivity index (χ3v) is 4.48. The third-order valence-electron chi connectivity index (χ3n) is 3.48. The highest BCUT2D eigenvalue weighted by Gasteiger charge is 2.20. The summed E-state index contributed by atoms with van der Waals surface area (Å²) in [6, 6.07) is 9.82. The molecular formula is C15H15IN2O2. The first-order chi connectivity index (χ1) is 9.75. The Bertz CT molecular complexity index is 649. The maximum atomic E-state index is 12.1. The lowest BCUT2D eigenvalue weighted by Crippen LogP contribution is -2.23. The van der Waals surface area contributed by atoms with Gasteiger partial charge in [0.05, 0.1) is 12.3 Å². The normalized spacial score (nSPS) is 18.9. The number of benzene rings is 1. The summed E-state index contributed by atoms with van der Waals surface area (Å²) in [6.45, 7) is 1.44. The lowest BCUT2D eigenvalue weighted by atomic mass is 10.0. The maximum Gasteiger partial charge on any atom is 0.264 e. The molecule has 0 radical (unpaired) electrons. The average molecular weight is 382 g/mol. The van der Waals surface area contributed by atoms with Crippen LogP contribution in [0.4, 0.5) is 0 Å². The second kappa shape index (κ2) is 6.05. The molecule has 1 unspecified atom stereocenters. The minimum absolute atomic E-state index is 0.0694. The minimum atomic E-state index is -0.0694. The zero-order chi connectivity index (χ0) is 13.9. The quantitative estimate of drug-likeness (QED) is 0.813. The number of H-pyrrole nitrogens is 1. The monoisotopic (exact) mass is 382 g/mol. The Kier molecular flexibility index (Phi) is 4.16. The summed E-state index contributed by atoms with van der Waals surface area (Å²) in [4.78, 5) is 19.7. The van der Waals surface area contributed by atoms with E-state index >= 15 is 0 Å². The fraction of sp³-hybridized carbons (Fsp3) is 0.333. The minimum Gasteiger partial charge on any atom is -0.381 e. The van der Waals surface area contributed by atoms with Gasteiger partial charge in [-0.15, -0.1) is 0 Å². The van der Waals surface area contributed by atoms with Gasteiger partial charge in [-0.2, -0.15) is 0 Å². The molecule has 1 N–H and O–H groups in total. The molecule has 0 spiro atoms. The number of aromatic amines is 1. The van der Waals surface area contributed by atoms with Gasteiger partial charge >= 0.3 is 0 Å². The summed E-state index contributed by atoms with van der Waals surface area (Å²) >= 11 is 2.06. The van der Waals surface area contributed by atoms with Crippen LogP contribution >= 0.6 is 22.6 Å². The van der Waals surface area contributed by atoms with Crippen molar-refractivity contribution in [2.24, 2.45) is 0 Å². The number of halogens is 1. The molecule has 0 amide bonds. The second-order valence-corrected chi connectivity index (χ2v) is 5.97. The van der Waals surface area contributed by atoms with E-state index in [1.165, 1.54) is 0 Å². The summed E-state index contributed by atoms with van der Waals surface area (Å²) in [5, 5.41) is 0. The molecule has 2 aromatic rings. The lowest BCUT2D eigenvalue weighted by molar-refractivity contribution is 0.0780. The molecule has 0 bridgehead atoms. The molecule has 4 nitrogen and oxygen atoms in total. The molecule has 1 aliphatic rings. The average Bonchev–Trinajstić information content (AvgIpc) is 2.51. The van der Waals surface area contributed by atoms with Crippen LogP contribution in [0.3, 0.4) is 0 Å². The first-order valence-corrected chi connectivity index (χ1v) is 7.76. The highest BCUT2D eigenvalue weighted by atomic mass is 127. The van der Waals surface area contributed by atoms with Crippen LogP contribution in [0.5, 0.6) is 0 Å². The number of hydrogen-bond donors (Lipinski definition) is 1. The molecule has 1 aliphatic heterocycles. The van der Waals surface area contributed by atoms with E-state index in [2.05, 4.69) is 32.6 Å². The van der Waals surface area contributed by atoms with Crippen molar-refractivity contribution in [1.29, 1.82) is 0 Å². The van der Waals surface area contributed by atoms with Crippen LogP contribution in [-0.2, 0) is 4.74 Å². The summed E-state index contributed by atoms with van der Waals surface area (Å²) in [5.41, 5.74) is 1.66. The molecule has 1 atom stereocenters. The number of rotatable bonds is 2. The Morgan fingerprint density at radius 2 is 2.10 bits per heavy atom. The number of aromatic nitrogens is 2. The standard InChI is InChI=1S/C15H15IN2O2/c16-12-13(10-5-2-1-3-6-10)17-14(18-15(12)19)11-7-4-8-20-9-11/h1-3,5-6,11H,4,7-9H2,(H,17,18,19). The van der Waals surface area contributed by atoms with Gasteiger partial charge < -0.3 is 9.72 Å². The molecule has 1 saturated heterocycles. The molecule has 3 rings (SSSR count). The van der Waals surface area contributed by atoms with Crippen molar-refractivity contribution in [2.75, 3.05) is 13.2 Å². The van der Waals surface area contributed by atoms with Crippen LogP contribution in [0.1, 0.15) is 24.6 Å². The number of nitrogens with one attached hydrogen (secondary N) is 1. The summed E-state index contributed by atoms with van der Waals surface area (Å²) in [7, 11) is 0. The van der Waals surface area contributed by atoms with Crippen molar-refractivity contribution >= 4 is 22.6 Å². The third kappa shape index (κ3) is 2.78. The van der Waals surface area contributed by atoms with Gasteiger partial charge in [-0.3, -0.25) is 4.79 Å². The van der Waals surface area contributed by atoms with Crippen molar-refractivity contribution in [1.82, 2.24) is 9.97 Å². The Balaban J connectivity index is 2.06. The number of hydrogen-bond acceptors (Lipinski definition) is 3. The van der Waals surface area contributed by atoms with Crippen molar-refractivity contribution in [3.05, 3.63) is 50.1 Å².